The van der Waals surface area contributed by atoms with Crippen molar-refractivity contribution >= 4 is 18.1 Å². The Morgan fingerprint density at radius 1 is 0.963 bits per heavy atom. The maximum atomic E-state index is 11.6. The summed E-state index contributed by atoms with van der Waals surface area (Å²) >= 11 is 0. The first kappa shape index (κ1) is 19.4. The van der Waals surface area contributed by atoms with Crippen molar-refractivity contribution in [3.05, 3.63) is 69.8 Å². The van der Waals surface area contributed by atoms with Gasteiger partial charge in [0, 0.05) is 0 Å². The molecular formula is C25H30O2. The van der Waals surface area contributed by atoms with Crippen molar-refractivity contribution < 1.29 is 9.53 Å². The molecule has 2 nitrogen and oxygen atoms in total. The molecule has 0 atom stereocenters. The first-order chi connectivity index (χ1) is 12.6. The summed E-state index contributed by atoms with van der Waals surface area (Å²) in [6, 6.07) is 12.2. The summed E-state index contributed by atoms with van der Waals surface area (Å²) in [5, 5.41) is 0. The quantitative estimate of drug-likeness (QED) is 0.473. The van der Waals surface area contributed by atoms with E-state index < -0.39 is 0 Å². The molecule has 0 aromatic heterocycles. The number of carbonyl (C=O) groups excluding carboxylic acids is 1. The van der Waals surface area contributed by atoms with Gasteiger partial charge in [-0.1, -0.05) is 69.7 Å². The lowest BCUT2D eigenvalue weighted by atomic mass is 9.61. The van der Waals surface area contributed by atoms with Crippen molar-refractivity contribution in [3.63, 3.8) is 0 Å². The third kappa shape index (κ3) is 3.85. The Kier molecular flexibility index (Phi) is 5.03. The van der Waals surface area contributed by atoms with Crippen molar-refractivity contribution in [2.24, 2.45) is 0 Å². The van der Waals surface area contributed by atoms with E-state index >= 15 is 0 Å². The van der Waals surface area contributed by atoms with Gasteiger partial charge in [-0.25, -0.2) is 4.79 Å². The first-order valence-corrected chi connectivity index (χ1v) is 9.66. The van der Waals surface area contributed by atoms with E-state index in [1.54, 1.807) is 0 Å². The van der Waals surface area contributed by atoms with Crippen molar-refractivity contribution in [2.75, 3.05) is 7.11 Å². The average Bonchev–Trinajstić information content (AvgIpc) is 2.63. The van der Waals surface area contributed by atoms with Crippen LogP contribution in [-0.2, 0) is 15.6 Å². The minimum Gasteiger partial charge on any atom is -0.465 e. The molecule has 0 saturated carbocycles. The zero-order valence-electron chi connectivity index (χ0n) is 17.3. The van der Waals surface area contributed by atoms with Crippen LogP contribution in [0.25, 0.3) is 12.2 Å². The number of benzene rings is 2. The van der Waals surface area contributed by atoms with Crippen molar-refractivity contribution in [1.29, 1.82) is 0 Å². The first-order valence-electron chi connectivity index (χ1n) is 9.66. The SMILES string of the molecule is COC(=O)c1ccc(C=Cc2cc(C)cc3c2C(C)(C)CCC3(C)C)cc1. The number of hydrogen-bond donors (Lipinski definition) is 0. The molecule has 1 aliphatic rings. The molecule has 2 heteroatoms. The van der Waals surface area contributed by atoms with Crippen LogP contribution in [0.2, 0.25) is 0 Å². The highest BCUT2D eigenvalue weighted by molar-refractivity contribution is 5.89. The minimum absolute atomic E-state index is 0.174. The van der Waals surface area contributed by atoms with E-state index in [1.807, 2.05) is 24.3 Å². The van der Waals surface area contributed by atoms with Crippen LogP contribution in [0, 0.1) is 6.92 Å². The van der Waals surface area contributed by atoms with Crippen molar-refractivity contribution in [1.82, 2.24) is 0 Å². The van der Waals surface area contributed by atoms with Crippen molar-refractivity contribution in [3.8, 4) is 0 Å². The Labute approximate surface area is 163 Å². The Bertz CT molecular complexity index is 883. The second-order valence-corrected chi connectivity index (χ2v) is 8.99. The highest BCUT2D eigenvalue weighted by Crippen LogP contribution is 2.47. The van der Waals surface area contributed by atoms with E-state index in [1.165, 1.54) is 42.2 Å². The van der Waals surface area contributed by atoms with Gasteiger partial charge in [0.05, 0.1) is 12.7 Å². The maximum Gasteiger partial charge on any atom is 0.337 e. The van der Waals surface area contributed by atoms with Gasteiger partial charge in [0.15, 0.2) is 0 Å². The van der Waals surface area contributed by atoms with Gasteiger partial charge in [-0.2, -0.15) is 0 Å². The summed E-state index contributed by atoms with van der Waals surface area (Å²) in [7, 11) is 1.40. The zero-order chi connectivity index (χ0) is 19.8. The van der Waals surface area contributed by atoms with Gasteiger partial charge < -0.3 is 4.74 Å². The number of fused-ring (bicyclic) bond motifs is 1. The molecule has 0 aliphatic heterocycles. The zero-order valence-corrected chi connectivity index (χ0v) is 17.3. The lowest BCUT2D eigenvalue weighted by Gasteiger charge is -2.43. The molecule has 0 fully saturated rings. The smallest absolute Gasteiger partial charge is 0.337 e. The molecule has 0 heterocycles. The largest absolute Gasteiger partial charge is 0.465 e. The Balaban J connectivity index is 2.02. The van der Waals surface area contributed by atoms with E-state index in [2.05, 4.69) is 58.9 Å². The van der Waals surface area contributed by atoms with E-state index in [4.69, 9.17) is 4.74 Å². The number of aryl methyl sites for hydroxylation is 1. The van der Waals surface area contributed by atoms with Crippen LogP contribution in [0.3, 0.4) is 0 Å². The second kappa shape index (κ2) is 6.99. The third-order valence-electron chi connectivity index (χ3n) is 5.88. The predicted octanol–water partition coefficient (Wildman–Crippen LogP) is 6.30. The fraction of sp³-hybridized carbons (Fsp3) is 0.400. The van der Waals surface area contributed by atoms with Gasteiger partial charge in [0.25, 0.3) is 0 Å². The fourth-order valence-corrected chi connectivity index (χ4v) is 4.15. The molecule has 0 radical (unpaired) electrons. The molecule has 2 aromatic carbocycles. The summed E-state index contributed by atoms with van der Waals surface area (Å²) in [4.78, 5) is 11.6. The second-order valence-electron chi connectivity index (χ2n) is 8.99. The van der Waals surface area contributed by atoms with Crippen LogP contribution in [-0.4, -0.2) is 13.1 Å². The van der Waals surface area contributed by atoms with E-state index in [9.17, 15) is 4.79 Å². The third-order valence-corrected chi connectivity index (χ3v) is 5.88. The lowest BCUT2D eigenvalue weighted by molar-refractivity contribution is 0.0600. The molecule has 0 unspecified atom stereocenters. The molecule has 3 rings (SSSR count). The van der Waals surface area contributed by atoms with Gasteiger partial charge in [0.2, 0.25) is 0 Å². The molecule has 0 spiro atoms. The molecule has 1 aliphatic carbocycles. The molecule has 0 bridgehead atoms. The Hall–Kier alpha value is -2.35. The fourth-order valence-electron chi connectivity index (χ4n) is 4.15. The molecular weight excluding hydrogens is 332 g/mol. The van der Waals surface area contributed by atoms with Gasteiger partial charge in [-0.05, 0) is 65.0 Å². The monoisotopic (exact) mass is 362 g/mol. The predicted molar refractivity (Wildman–Crippen MR) is 113 cm³/mol. The molecule has 27 heavy (non-hydrogen) atoms. The van der Waals surface area contributed by atoms with Crippen LogP contribution in [0.1, 0.15) is 78.7 Å². The molecule has 0 saturated heterocycles. The maximum absolute atomic E-state index is 11.6. The van der Waals surface area contributed by atoms with E-state index in [0.717, 1.165) is 5.56 Å². The lowest BCUT2D eigenvalue weighted by Crippen LogP contribution is -2.34. The molecule has 142 valence electrons. The Morgan fingerprint density at radius 2 is 1.59 bits per heavy atom. The highest BCUT2D eigenvalue weighted by atomic mass is 16.5. The van der Waals surface area contributed by atoms with E-state index in [0.29, 0.717) is 5.56 Å². The van der Waals surface area contributed by atoms with Crippen LogP contribution in [0.15, 0.2) is 36.4 Å². The summed E-state index contributed by atoms with van der Waals surface area (Å²) in [6.45, 7) is 11.6. The normalized spacial score (nSPS) is 17.6. The Morgan fingerprint density at radius 3 is 2.22 bits per heavy atom. The minimum atomic E-state index is -0.303. The number of esters is 1. The highest BCUT2D eigenvalue weighted by Gasteiger charge is 2.38. The van der Waals surface area contributed by atoms with Gasteiger partial charge in [-0.15, -0.1) is 0 Å². The number of carbonyl (C=O) groups is 1. The van der Waals surface area contributed by atoms with E-state index in [-0.39, 0.29) is 16.8 Å². The van der Waals surface area contributed by atoms with Crippen LogP contribution in [0.5, 0.6) is 0 Å². The average molecular weight is 363 g/mol. The molecule has 2 aromatic rings. The number of hydrogen-bond acceptors (Lipinski definition) is 2. The summed E-state index contributed by atoms with van der Waals surface area (Å²) in [5.41, 5.74) is 7.61. The van der Waals surface area contributed by atoms with Crippen LogP contribution in [0.4, 0.5) is 0 Å². The van der Waals surface area contributed by atoms with Gasteiger partial charge >= 0.3 is 5.97 Å². The summed E-state index contributed by atoms with van der Waals surface area (Å²) in [5.74, 6) is -0.303. The molecule has 0 amide bonds. The standard InChI is InChI=1S/C25H30O2/c1-17-15-20(12-9-18-7-10-19(11-8-18)23(26)27-6)22-21(16-17)24(2,3)13-14-25(22,4)5/h7-12,15-16H,13-14H2,1-6H3. The summed E-state index contributed by atoms with van der Waals surface area (Å²) < 4.78 is 4.77. The topological polar surface area (TPSA) is 26.3 Å². The number of methoxy groups -OCH3 is 1. The van der Waals surface area contributed by atoms with Gasteiger partial charge in [-0.3, -0.25) is 0 Å². The number of rotatable bonds is 3. The summed E-state index contributed by atoms with van der Waals surface area (Å²) in [6.07, 6.45) is 6.77. The van der Waals surface area contributed by atoms with Crippen molar-refractivity contribution in [2.45, 2.75) is 58.3 Å². The van der Waals surface area contributed by atoms with Crippen LogP contribution >= 0.6 is 0 Å². The van der Waals surface area contributed by atoms with Crippen LogP contribution < -0.4 is 0 Å². The molecule has 0 N–H and O–H groups in total. The number of ether oxygens (including phenoxy) is 1. The van der Waals surface area contributed by atoms with Gasteiger partial charge in [0.1, 0.15) is 0 Å².